The summed E-state index contributed by atoms with van der Waals surface area (Å²) in [6.45, 7) is 5.13. The number of carbonyl (C=O) groups excluding carboxylic acids is 1. The molecule has 18 heavy (non-hydrogen) atoms. The van der Waals surface area contributed by atoms with E-state index >= 15 is 0 Å². The number of anilines is 1. The molecule has 1 amide bonds. The van der Waals surface area contributed by atoms with Crippen molar-refractivity contribution in [3.8, 4) is 0 Å². The number of nitrogens with zero attached hydrogens (tertiary/aromatic N) is 1. The highest BCUT2D eigenvalue weighted by molar-refractivity contribution is 5.96. The first-order chi connectivity index (χ1) is 8.47. The molecule has 0 saturated heterocycles. The molecule has 0 radical (unpaired) electrons. The Morgan fingerprint density at radius 1 is 1.33 bits per heavy atom. The molecule has 0 aliphatic carbocycles. The van der Waals surface area contributed by atoms with Crippen LogP contribution in [0.5, 0.6) is 0 Å². The van der Waals surface area contributed by atoms with Crippen LogP contribution in [0, 0.1) is 0 Å². The zero-order valence-corrected chi connectivity index (χ0v) is 10.9. The van der Waals surface area contributed by atoms with E-state index in [0.717, 1.165) is 11.3 Å². The number of aliphatic hydroxyl groups is 1. The van der Waals surface area contributed by atoms with Gasteiger partial charge in [0.1, 0.15) is 0 Å². The lowest BCUT2D eigenvalue weighted by Gasteiger charge is -2.26. The molecule has 1 heterocycles. The predicted octanol–water partition coefficient (Wildman–Crippen LogP) is 1.28. The molecule has 0 aromatic heterocycles. The maximum absolute atomic E-state index is 12.1. The summed E-state index contributed by atoms with van der Waals surface area (Å²) >= 11 is 0. The molecule has 98 valence electrons. The van der Waals surface area contributed by atoms with Crippen molar-refractivity contribution in [1.82, 2.24) is 5.32 Å². The fourth-order valence-electron chi connectivity index (χ4n) is 2.09. The van der Waals surface area contributed by atoms with E-state index in [-0.39, 0.29) is 5.91 Å². The fraction of sp³-hybridized carbons (Fsp3) is 0.500. The van der Waals surface area contributed by atoms with Gasteiger partial charge in [0.2, 0.25) is 5.91 Å². The summed E-state index contributed by atoms with van der Waals surface area (Å²) in [5, 5.41) is 12.9. The van der Waals surface area contributed by atoms with Crippen LogP contribution in [0.2, 0.25) is 0 Å². The zero-order valence-electron chi connectivity index (χ0n) is 10.9. The minimum absolute atomic E-state index is 0.0594. The van der Waals surface area contributed by atoms with E-state index in [4.69, 9.17) is 0 Å². The number of hydrogen-bond donors (Lipinski definition) is 2. The first kappa shape index (κ1) is 13.1. The Morgan fingerprint density at radius 2 is 2.06 bits per heavy atom. The highest BCUT2D eigenvalue weighted by atomic mass is 16.3. The van der Waals surface area contributed by atoms with Crippen molar-refractivity contribution in [3.63, 3.8) is 0 Å². The molecule has 1 aliphatic heterocycles. The SMILES string of the molecule is CC(C)(O)CCN1C(=O)CNCc2ccccc21. The summed E-state index contributed by atoms with van der Waals surface area (Å²) in [5.41, 5.74) is 1.32. The van der Waals surface area contributed by atoms with Crippen molar-refractivity contribution in [2.45, 2.75) is 32.4 Å². The third kappa shape index (κ3) is 3.09. The van der Waals surface area contributed by atoms with Gasteiger partial charge in [-0.05, 0) is 31.9 Å². The van der Waals surface area contributed by atoms with E-state index in [1.165, 1.54) is 0 Å². The summed E-state index contributed by atoms with van der Waals surface area (Å²) in [6, 6.07) is 7.90. The molecule has 1 aromatic rings. The first-order valence-electron chi connectivity index (χ1n) is 6.29. The van der Waals surface area contributed by atoms with Crippen LogP contribution in [0.15, 0.2) is 24.3 Å². The van der Waals surface area contributed by atoms with Gasteiger partial charge in [-0.25, -0.2) is 0 Å². The largest absolute Gasteiger partial charge is 0.390 e. The van der Waals surface area contributed by atoms with Gasteiger partial charge in [-0.2, -0.15) is 0 Å². The zero-order chi connectivity index (χ0) is 13.2. The maximum atomic E-state index is 12.1. The lowest BCUT2D eigenvalue weighted by molar-refractivity contribution is -0.117. The van der Waals surface area contributed by atoms with Crippen molar-refractivity contribution >= 4 is 11.6 Å². The fourth-order valence-corrected chi connectivity index (χ4v) is 2.09. The van der Waals surface area contributed by atoms with Crippen LogP contribution in [-0.4, -0.2) is 29.7 Å². The van der Waals surface area contributed by atoms with E-state index in [1.807, 2.05) is 24.3 Å². The average molecular weight is 248 g/mol. The second kappa shape index (κ2) is 5.08. The predicted molar refractivity (Wildman–Crippen MR) is 71.4 cm³/mol. The standard InChI is InChI=1S/C14H20N2O2/c1-14(2,18)7-8-16-12-6-4-3-5-11(12)9-15-10-13(16)17/h3-6,15,18H,7-10H2,1-2H3. The number of amides is 1. The lowest BCUT2D eigenvalue weighted by Crippen LogP contribution is -2.38. The molecular formula is C14H20N2O2. The Morgan fingerprint density at radius 3 is 2.78 bits per heavy atom. The molecule has 0 fully saturated rings. The van der Waals surface area contributed by atoms with E-state index < -0.39 is 5.60 Å². The minimum atomic E-state index is -0.755. The van der Waals surface area contributed by atoms with Crippen molar-refractivity contribution in [2.75, 3.05) is 18.0 Å². The van der Waals surface area contributed by atoms with E-state index in [1.54, 1.807) is 18.7 Å². The molecule has 0 unspecified atom stereocenters. The normalized spacial score (nSPS) is 16.4. The quantitative estimate of drug-likeness (QED) is 0.847. The van der Waals surface area contributed by atoms with Crippen molar-refractivity contribution in [3.05, 3.63) is 29.8 Å². The highest BCUT2D eigenvalue weighted by Gasteiger charge is 2.23. The smallest absolute Gasteiger partial charge is 0.240 e. The first-order valence-corrected chi connectivity index (χ1v) is 6.29. The van der Waals surface area contributed by atoms with Gasteiger partial charge in [-0.3, -0.25) is 4.79 Å². The number of nitrogens with one attached hydrogen (secondary N) is 1. The average Bonchev–Trinajstić information content (AvgIpc) is 2.44. The molecule has 4 nitrogen and oxygen atoms in total. The van der Waals surface area contributed by atoms with E-state index in [2.05, 4.69) is 5.32 Å². The Hall–Kier alpha value is -1.39. The third-order valence-electron chi connectivity index (χ3n) is 3.12. The number of hydrogen-bond acceptors (Lipinski definition) is 3. The maximum Gasteiger partial charge on any atom is 0.240 e. The Bertz CT molecular complexity index is 438. The molecule has 1 aromatic carbocycles. The summed E-state index contributed by atoms with van der Waals surface area (Å²) in [7, 11) is 0. The van der Waals surface area contributed by atoms with E-state index in [0.29, 0.717) is 26.1 Å². The summed E-state index contributed by atoms with van der Waals surface area (Å²) < 4.78 is 0. The Balaban J connectivity index is 2.23. The number of rotatable bonds is 3. The number of fused-ring (bicyclic) bond motifs is 1. The van der Waals surface area contributed by atoms with Gasteiger partial charge >= 0.3 is 0 Å². The van der Waals surface area contributed by atoms with Crippen LogP contribution >= 0.6 is 0 Å². The van der Waals surface area contributed by atoms with Gasteiger partial charge in [-0.1, -0.05) is 18.2 Å². The molecule has 0 bridgehead atoms. The topological polar surface area (TPSA) is 52.6 Å². The summed E-state index contributed by atoms with van der Waals surface area (Å²) in [6.07, 6.45) is 0.563. The molecule has 0 saturated carbocycles. The van der Waals surface area contributed by atoms with Gasteiger partial charge in [-0.15, -0.1) is 0 Å². The number of carbonyl (C=O) groups is 1. The molecular weight excluding hydrogens is 228 g/mol. The Kier molecular flexibility index (Phi) is 3.68. The summed E-state index contributed by atoms with van der Waals surface area (Å²) in [5.74, 6) is 0.0594. The number of para-hydroxylation sites is 1. The van der Waals surface area contributed by atoms with Gasteiger partial charge in [0.05, 0.1) is 12.1 Å². The van der Waals surface area contributed by atoms with Crippen molar-refractivity contribution in [2.24, 2.45) is 0 Å². The highest BCUT2D eigenvalue weighted by Crippen LogP contribution is 2.23. The van der Waals surface area contributed by atoms with Crippen LogP contribution in [0.25, 0.3) is 0 Å². The van der Waals surface area contributed by atoms with Crippen LogP contribution < -0.4 is 10.2 Å². The van der Waals surface area contributed by atoms with Crippen LogP contribution in [0.3, 0.4) is 0 Å². The monoisotopic (exact) mass is 248 g/mol. The molecule has 2 rings (SSSR count). The molecule has 4 heteroatoms. The minimum Gasteiger partial charge on any atom is -0.390 e. The van der Waals surface area contributed by atoms with Crippen molar-refractivity contribution in [1.29, 1.82) is 0 Å². The second-order valence-electron chi connectivity index (χ2n) is 5.34. The molecule has 2 N–H and O–H groups in total. The van der Waals surface area contributed by atoms with E-state index in [9.17, 15) is 9.90 Å². The lowest BCUT2D eigenvalue weighted by atomic mass is 10.0. The molecule has 0 spiro atoms. The van der Waals surface area contributed by atoms with Crippen LogP contribution in [0.1, 0.15) is 25.8 Å². The number of benzene rings is 1. The Labute approximate surface area is 108 Å². The van der Waals surface area contributed by atoms with Crippen molar-refractivity contribution < 1.29 is 9.90 Å². The van der Waals surface area contributed by atoms with Crippen LogP contribution in [-0.2, 0) is 11.3 Å². The van der Waals surface area contributed by atoms with Gasteiger partial charge in [0.25, 0.3) is 0 Å². The van der Waals surface area contributed by atoms with Gasteiger partial charge in [0.15, 0.2) is 0 Å². The van der Waals surface area contributed by atoms with Gasteiger partial charge in [0, 0.05) is 18.8 Å². The van der Waals surface area contributed by atoms with Crippen LogP contribution in [0.4, 0.5) is 5.69 Å². The molecule has 1 aliphatic rings. The summed E-state index contributed by atoms with van der Waals surface area (Å²) in [4.78, 5) is 13.8. The molecule has 0 atom stereocenters. The third-order valence-corrected chi connectivity index (χ3v) is 3.12. The van der Waals surface area contributed by atoms with Gasteiger partial charge < -0.3 is 15.3 Å². The second-order valence-corrected chi connectivity index (χ2v) is 5.34.